The van der Waals surface area contributed by atoms with Gasteiger partial charge in [0.15, 0.2) is 0 Å². The van der Waals surface area contributed by atoms with Crippen molar-refractivity contribution in [2.45, 2.75) is 25.8 Å². The maximum Gasteiger partial charge on any atom is 0.0506 e. The summed E-state index contributed by atoms with van der Waals surface area (Å²) in [5.41, 5.74) is 1.36. The molecule has 0 aromatic heterocycles. The van der Waals surface area contributed by atoms with E-state index in [-0.39, 0.29) is 0 Å². The fraction of sp³-hybridized carbons (Fsp3) is 0.571. The van der Waals surface area contributed by atoms with Crippen molar-refractivity contribution in [1.82, 2.24) is 5.32 Å². The second-order valence-corrected chi connectivity index (χ2v) is 4.62. The standard InChI is InChI=1S/C14H21NO/c1-12(14-7-3-2-4-8-14)15-10-13-6-5-9-16-11-13/h2-4,7-8,12-13,15H,5-6,9-11H2,1H3/t12-,13-/m0/s1. The second kappa shape index (κ2) is 6.02. The van der Waals surface area contributed by atoms with E-state index < -0.39 is 0 Å². The SMILES string of the molecule is C[C@H](NC[C@@H]1CCCOC1)c1ccccc1. The molecule has 1 aromatic rings. The molecular formula is C14H21NO. The van der Waals surface area contributed by atoms with Crippen LogP contribution in [0.2, 0.25) is 0 Å². The number of nitrogens with one attached hydrogen (secondary N) is 1. The third-order valence-corrected chi connectivity index (χ3v) is 3.27. The molecule has 1 heterocycles. The molecule has 2 nitrogen and oxygen atoms in total. The lowest BCUT2D eigenvalue weighted by molar-refractivity contribution is 0.0540. The van der Waals surface area contributed by atoms with Crippen molar-refractivity contribution < 1.29 is 4.74 Å². The van der Waals surface area contributed by atoms with Gasteiger partial charge in [-0.25, -0.2) is 0 Å². The molecule has 0 saturated carbocycles. The highest BCUT2D eigenvalue weighted by Gasteiger charge is 2.14. The Hall–Kier alpha value is -0.860. The van der Waals surface area contributed by atoms with E-state index in [1.807, 2.05) is 0 Å². The average molecular weight is 219 g/mol. The van der Waals surface area contributed by atoms with Crippen molar-refractivity contribution in [1.29, 1.82) is 0 Å². The Balaban J connectivity index is 1.77. The van der Waals surface area contributed by atoms with E-state index >= 15 is 0 Å². The van der Waals surface area contributed by atoms with E-state index in [4.69, 9.17) is 4.74 Å². The van der Waals surface area contributed by atoms with Gasteiger partial charge in [-0.15, -0.1) is 0 Å². The molecule has 2 rings (SSSR count). The molecule has 1 N–H and O–H groups in total. The first-order valence-electron chi connectivity index (χ1n) is 6.22. The summed E-state index contributed by atoms with van der Waals surface area (Å²) < 4.78 is 5.48. The van der Waals surface area contributed by atoms with Crippen LogP contribution in [0.25, 0.3) is 0 Å². The van der Waals surface area contributed by atoms with Gasteiger partial charge in [-0.1, -0.05) is 30.3 Å². The normalized spacial score (nSPS) is 22.9. The molecule has 1 saturated heterocycles. The van der Waals surface area contributed by atoms with Crippen LogP contribution < -0.4 is 5.32 Å². The van der Waals surface area contributed by atoms with Gasteiger partial charge in [0.1, 0.15) is 0 Å². The highest BCUT2D eigenvalue weighted by molar-refractivity contribution is 5.17. The largest absolute Gasteiger partial charge is 0.381 e. The van der Waals surface area contributed by atoms with Crippen LogP contribution in [0.15, 0.2) is 30.3 Å². The number of rotatable bonds is 4. The van der Waals surface area contributed by atoms with Crippen LogP contribution >= 0.6 is 0 Å². The van der Waals surface area contributed by atoms with Crippen molar-refractivity contribution in [2.75, 3.05) is 19.8 Å². The fourth-order valence-electron chi connectivity index (χ4n) is 2.17. The summed E-state index contributed by atoms with van der Waals surface area (Å²) in [5.74, 6) is 0.694. The highest BCUT2D eigenvalue weighted by atomic mass is 16.5. The molecule has 0 aliphatic carbocycles. The lowest BCUT2D eigenvalue weighted by Gasteiger charge is -2.24. The van der Waals surface area contributed by atoms with Gasteiger partial charge < -0.3 is 10.1 Å². The van der Waals surface area contributed by atoms with E-state index in [1.165, 1.54) is 18.4 Å². The molecule has 0 amide bonds. The van der Waals surface area contributed by atoms with E-state index in [2.05, 4.69) is 42.6 Å². The monoisotopic (exact) mass is 219 g/mol. The summed E-state index contributed by atoms with van der Waals surface area (Å²) in [6.45, 7) is 5.16. The minimum absolute atomic E-state index is 0.433. The van der Waals surface area contributed by atoms with Crippen LogP contribution in [0.1, 0.15) is 31.4 Å². The predicted molar refractivity (Wildman–Crippen MR) is 66.4 cm³/mol. The van der Waals surface area contributed by atoms with Crippen molar-refractivity contribution in [3.05, 3.63) is 35.9 Å². The van der Waals surface area contributed by atoms with Gasteiger partial charge in [0, 0.05) is 19.2 Å². The lowest BCUT2D eigenvalue weighted by atomic mass is 10.0. The zero-order valence-corrected chi connectivity index (χ0v) is 9.99. The fourth-order valence-corrected chi connectivity index (χ4v) is 2.17. The van der Waals surface area contributed by atoms with Gasteiger partial charge in [-0.05, 0) is 31.2 Å². The summed E-state index contributed by atoms with van der Waals surface area (Å²) in [6.07, 6.45) is 2.51. The van der Waals surface area contributed by atoms with Gasteiger partial charge in [0.05, 0.1) is 6.61 Å². The second-order valence-electron chi connectivity index (χ2n) is 4.62. The Labute approximate surface area is 98.0 Å². The van der Waals surface area contributed by atoms with E-state index in [0.29, 0.717) is 12.0 Å². The summed E-state index contributed by atoms with van der Waals surface area (Å²) >= 11 is 0. The molecule has 0 unspecified atom stereocenters. The zero-order valence-electron chi connectivity index (χ0n) is 9.99. The topological polar surface area (TPSA) is 21.3 Å². The maximum absolute atomic E-state index is 5.48. The molecule has 0 bridgehead atoms. The van der Waals surface area contributed by atoms with Gasteiger partial charge in [0.25, 0.3) is 0 Å². The third-order valence-electron chi connectivity index (χ3n) is 3.27. The first kappa shape index (κ1) is 11.6. The molecule has 1 aliphatic rings. The van der Waals surface area contributed by atoms with Crippen molar-refractivity contribution in [3.8, 4) is 0 Å². The summed E-state index contributed by atoms with van der Waals surface area (Å²) in [7, 11) is 0. The number of ether oxygens (including phenoxy) is 1. The molecule has 88 valence electrons. The van der Waals surface area contributed by atoms with Crippen LogP contribution in [0.3, 0.4) is 0 Å². The van der Waals surface area contributed by atoms with Gasteiger partial charge in [-0.3, -0.25) is 0 Å². The van der Waals surface area contributed by atoms with Crippen LogP contribution in [0.4, 0.5) is 0 Å². The molecule has 1 aliphatic heterocycles. The molecule has 1 fully saturated rings. The minimum atomic E-state index is 0.433. The van der Waals surface area contributed by atoms with Crippen LogP contribution in [-0.2, 0) is 4.74 Å². The molecule has 16 heavy (non-hydrogen) atoms. The van der Waals surface area contributed by atoms with Crippen LogP contribution in [0, 0.1) is 5.92 Å². The minimum Gasteiger partial charge on any atom is -0.381 e. The first-order valence-corrected chi connectivity index (χ1v) is 6.22. The average Bonchev–Trinajstić information content (AvgIpc) is 2.38. The van der Waals surface area contributed by atoms with E-state index in [0.717, 1.165) is 19.8 Å². The van der Waals surface area contributed by atoms with E-state index in [1.54, 1.807) is 0 Å². The van der Waals surface area contributed by atoms with Crippen molar-refractivity contribution >= 4 is 0 Å². The van der Waals surface area contributed by atoms with Crippen LogP contribution in [-0.4, -0.2) is 19.8 Å². The third kappa shape index (κ3) is 3.32. The van der Waals surface area contributed by atoms with Gasteiger partial charge in [0.2, 0.25) is 0 Å². The summed E-state index contributed by atoms with van der Waals surface area (Å²) in [5, 5.41) is 3.59. The Morgan fingerprint density at radius 1 is 1.38 bits per heavy atom. The molecule has 2 heteroatoms. The molecule has 2 atom stereocenters. The van der Waals surface area contributed by atoms with Gasteiger partial charge >= 0.3 is 0 Å². The van der Waals surface area contributed by atoms with Gasteiger partial charge in [-0.2, -0.15) is 0 Å². The number of hydrogen-bond donors (Lipinski definition) is 1. The summed E-state index contributed by atoms with van der Waals surface area (Å²) in [4.78, 5) is 0. The van der Waals surface area contributed by atoms with Crippen molar-refractivity contribution in [2.24, 2.45) is 5.92 Å². The smallest absolute Gasteiger partial charge is 0.0506 e. The molecule has 0 radical (unpaired) electrons. The number of hydrogen-bond acceptors (Lipinski definition) is 2. The molecule has 0 spiro atoms. The Bertz CT molecular complexity index is 293. The van der Waals surface area contributed by atoms with E-state index in [9.17, 15) is 0 Å². The Morgan fingerprint density at radius 2 is 2.19 bits per heavy atom. The lowest BCUT2D eigenvalue weighted by Crippen LogP contribution is -2.30. The molecule has 1 aromatic carbocycles. The maximum atomic E-state index is 5.48. The number of benzene rings is 1. The quantitative estimate of drug-likeness (QED) is 0.840. The highest BCUT2D eigenvalue weighted by Crippen LogP contribution is 2.15. The first-order chi connectivity index (χ1) is 7.86. The van der Waals surface area contributed by atoms with Crippen molar-refractivity contribution in [3.63, 3.8) is 0 Å². The zero-order chi connectivity index (χ0) is 11.2. The predicted octanol–water partition coefficient (Wildman–Crippen LogP) is 2.76. The summed E-state index contributed by atoms with van der Waals surface area (Å²) in [6, 6.07) is 11.0. The van der Waals surface area contributed by atoms with Crippen LogP contribution in [0.5, 0.6) is 0 Å². The Morgan fingerprint density at radius 3 is 2.88 bits per heavy atom. The Kier molecular flexibility index (Phi) is 4.37. The molecular weight excluding hydrogens is 198 g/mol.